The second kappa shape index (κ2) is 6.65. The van der Waals surface area contributed by atoms with Crippen molar-refractivity contribution in [2.45, 2.75) is 37.8 Å². The molecule has 0 spiro atoms. The zero-order valence-corrected chi connectivity index (χ0v) is 13.7. The molecule has 2 saturated heterocycles. The van der Waals surface area contributed by atoms with Crippen molar-refractivity contribution in [3.05, 3.63) is 42.7 Å². The molecule has 2 aliphatic rings. The van der Waals surface area contributed by atoms with Crippen molar-refractivity contribution in [3.8, 4) is 5.69 Å². The van der Waals surface area contributed by atoms with Crippen LogP contribution in [0, 0.1) is 0 Å². The molecule has 1 aromatic carbocycles. The lowest BCUT2D eigenvalue weighted by atomic mass is 9.99. The smallest absolute Gasteiger partial charge is 0.319 e. The Balaban J connectivity index is 1.39. The summed E-state index contributed by atoms with van der Waals surface area (Å²) in [6.45, 7) is 2.28. The molecule has 0 unspecified atom stereocenters. The number of hydrogen-bond acceptors (Lipinski definition) is 3. The lowest BCUT2D eigenvalue weighted by Crippen LogP contribution is -2.47. The van der Waals surface area contributed by atoms with Gasteiger partial charge in [0.05, 0.1) is 5.69 Å². The van der Waals surface area contributed by atoms with Gasteiger partial charge in [0.1, 0.15) is 0 Å². The average Bonchev–Trinajstić information content (AvgIpc) is 3.26. The first kappa shape index (κ1) is 15.2. The van der Waals surface area contributed by atoms with Gasteiger partial charge in [-0.1, -0.05) is 12.5 Å². The quantitative estimate of drug-likeness (QED) is 0.912. The number of carbonyl (C=O) groups excluding carboxylic acids is 1. The van der Waals surface area contributed by atoms with Crippen molar-refractivity contribution in [2.75, 3.05) is 18.4 Å². The third-order valence-electron chi connectivity index (χ3n) is 5.05. The molecule has 0 aliphatic carbocycles. The van der Waals surface area contributed by atoms with Gasteiger partial charge in [-0.05, 0) is 50.1 Å². The molecule has 0 radical (unpaired) electrons. The molecule has 0 saturated carbocycles. The maximum absolute atomic E-state index is 12.4. The number of urea groups is 1. The number of fused-ring (bicyclic) bond motifs is 1. The summed E-state index contributed by atoms with van der Waals surface area (Å²) in [7, 11) is 0. The highest BCUT2D eigenvalue weighted by molar-refractivity contribution is 5.89. The van der Waals surface area contributed by atoms with Gasteiger partial charge in [-0.3, -0.25) is 4.90 Å². The highest BCUT2D eigenvalue weighted by Gasteiger charge is 2.36. The molecule has 4 rings (SSSR count). The molecule has 2 aromatic rings. The van der Waals surface area contributed by atoms with Gasteiger partial charge in [0.2, 0.25) is 0 Å². The molecule has 6 nitrogen and oxygen atoms in total. The molecule has 126 valence electrons. The zero-order chi connectivity index (χ0) is 16.4. The Labute approximate surface area is 141 Å². The number of amides is 2. The number of rotatable bonds is 3. The van der Waals surface area contributed by atoms with Crippen molar-refractivity contribution in [2.24, 2.45) is 0 Å². The maximum atomic E-state index is 12.4. The fraction of sp³-hybridized carbons (Fsp3) is 0.444. The van der Waals surface area contributed by atoms with E-state index < -0.39 is 0 Å². The van der Waals surface area contributed by atoms with E-state index in [9.17, 15) is 4.79 Å². The Morgan fingerprint density at radius 1 is 1.17 bits per heavy atom. The van der Waals surface area contributed by atoms with Crippen molar-refractivity contribution in [3.63, 3.8) is 0 Å². The van der Waals surface area contributed by atoms with Crippen LogP contribution in [-0.2, 0) is 0 Å². The Morgan fingerprint density at radius 2 is 2.12 bits per heavy atom. The first-order valence-corrected chi connectivity index (χ1v) is 8.71. The van der Waals surface area contributed by atoms with E-state index >= 15 is 0 Å². The summed E-state index contributed by atoms with van der Waals surface area (Å²) in [6, 6.07) is 10.2. The van der Waals surface area contributed by atoms with Crippen LogP contribution in [0.1, 0.15) is 25.7 Å². The lowest BCUT2D eigenvalue weighted by Gasteiger charge is -2.32. The van der Waals surface area contributed by atoms with Crippen molar-refractivity contribution < 1.29 is 4.79 Å². The number of hydrogen-bond donors (Lipinski definition) is 2. The molecule has 6 heteroatoms. The predicted octanol–water partition coefficient (Wildman–Crippen LogP) is 2.62. The summed E-state index contributed by atoms with van der Waals surface area (Å²) < 4.78 is 1.78. The second-order valence-electron chi connectivity index (χ2n) is 6.59. The number of aromatic nitrogens is 2. The summed E-state index contributed by atoms with van der Waals surface area (Å²) in [5, 5.41) is 10.3. The van der Waals surface area contributed by atoms with Crippen LogP contribution >= 0.6 is 0 Å². The van der Waals surface area contributed by atoms with Crippen molar-refractivity contribution in [1.82, 2.24) is 20.0 Å². The third kappa shape index (κ3) is 3.14. The van der Waals surface area contributed by atoms with Gasteiger partial charge in [-0.25, -0.2) is 9.48 Å². The van der Waals surface area contributed by atoms with Gasteiger partial charge in [-0.2, -0.15) is 5.10 Å². The fourth-order valence-electron chi connectivity index (χ4n) is 3.90. The number of nitrogens with zero attached hydrogens (tertiary/aromatic N) is 3. The number of piperidine rings is 1. The molecule has 2 N–H and O–H groups in total. The minimum Gasteiger partial charge on any atom is -0.334 e. The van der Waals surface area contributed by atoms with E-state index in [1.807, 2.05) is 36.5 Å². The van der Waals surface area contributed by atoms with Crippen molar-refractivity contribution in [1.29, 1.82) is 0 Å². The molecule has 24 heavy (non-hydrogen) atoms. The second-order valence-corrected chi connectivity index (χ2v) is 6.59. The minimum absolute atomic E-state index is 0.120. The summed E-state index contributed by atoms with van der Waals surface area (Å²) >= 11 is 0. The van der Waals surface area contributed by atoms with E-state index in [0.717, 1.165) is 24.3 Å². The van der Waals surface area contributed by atoms with Crippen LogP contribution in [0.25, 0.3) is 5.69 Å². The van der Waals surface area contributed by atoms with E-state index in [0.29, 0.717) is 6.04 Å². The number of anilines is 1. The molecule has 2 aliphatic heterocycles. The van der Waals surface area contributed by atoms with Crippen LogP contribution in [0.3, 0.4) is 0 Å². The molecule has 0 bridgehead atoms. The number of nitrogens with one attached hydrogen (secondary N) is 2. The molecule has 2 fully saturated rings. The highest BCUT2D eigenvalue weighted by Crippen LogP contribution is 2.27. The van der Waals surface area contributed by atoms with Gasteiger partial charge < -0.3 is 10.6 Å². The summed E-state index contributed by atoms with van der Waals surface area (Å²) in [5.41, 5.74) is 1.70. The molecular weight excluding hydrogens is 302 g/mol. The van der Waals surface area contributed by atoms with Crippen LogP contribution in [-0.4, -0.2) is 45.9 Å². The van der Waals surface area contributed by atoms with Gasteiger partial charge in [-0.15, -0.1) is 0 Å². The zero-order valence-electron chi connectivity index (χ0n) is 13.7. The van der Waals surface area contributed by atoms with Crippen LogP contribution in [0.4, 0.5) is 10.5 Å². The predicted molar refractivity (Wildman–Crippen MR) is 93.3 cm³/mol. The maximum Gasteiger partial charge on any atom is 0.319 e. The molecule has 1 aromatic heterocycles. The summed E-state index contributed by atoms with van der Waals surface area (Å²) in [6.07, 6.45) is 8.42. The van der Waals surface area contributed by atoms with Crippen LogP contribution in [0.15, 0.2) is 42.7 Å². The van der Waals surface area contributed by atoms with Gasteiger partial charge in [0.25, 0.3) is 0 Å². The molecule has 2 amide bonds. The third-order valence-corrected chi connectivity index (χ3v) is 5.05. The van der Waals surface area contributed by atoms with E-state index in [-0.39, 0.29) is 12.1 Å². The summed E-state index contributed by atoms with van der Waals surface area (Å²) in [5.74, 6) is 0. The molecule has 2 atom stereocenters. The van der Waals surface area contributed by atoms with Gasteiger partial charge in [0.15, 0.2) is 0 Å². The fourth-order valence-corrected chi connectivity index (χ4v) is 3.90. The van der Waals surface area contributed by atoms with Crippen LogP contribution in [0.2, 0.25) is 0 Å². The molecular formula is C18H23N5O. The van der Waals surface area contributed by atoms with E-state index in [1.54, 1.807) is 10.9 Å². The minimum atomic E-state index is -0.120. The molecule has 3 heterocycles. The largest absolute Gasteiger partial charge is 0.334 e. The van der Waals surface area contributed by atoms with Crippen LogP contribution in [0.5, 0.6) is 0 Å². The number of carbonyl (C=O) groups is 1. The van der Waals surface area contributed by atoms with E-state index in [4.69, 9.17) is 0 Å². The highest BCUT2D eigenvalue weighted by atomic mass is 16.2. The number of benzene rings is 1. The van der Waals surface area contributed by atoms with Crippen molar-refractivity contribution >= 4 is 11.7 Å². The topological polar surface area (TPSA) is 62.2 Å². The van der Waals surface area contributed by atoms with Gasteiger partial charge >= 0.3 is 6.03 Å². The first-order valence-electron chi connectivity index (χ1n) is 8.71. The average molecular weight is 325 g/mol. The Bertz CT molecular complexity index is 699. The van der Waals surface area contributed by atoms with Crippen LogP contribution < -0.4 is 10.6 Å². The van der Waals surface area contributed by atoms with Gasteiger partial charge in [0, 0.05) is 36.7 Å². The Morgan fingerprint density at radius 3 is 3.00 bits per heavy atom. The first-order chi connectivity index (χ1) is 11.8. The summed E-state index contributed by atoms with van der Waals surface area (Å²) in [4.78, 5) is 14.9. The lowest BCUT2D eigenvalue weighted by molar-refractivity contribution is 0.180. The van der Waals surface area contributed by atoms with E-state index in [2.05, 4.69) is 20.6 Å². The normalized spacial score (nSPS) is 23.7. The standard InChI is InChI=1S/C18H23N5O/c24-18(21-16-8-12-22-10-2-1-7-17(16)22)20-14-5-3-6-15(13-14)23-11-4-9-19-23/h3-6,9,11,13,16-17H,1-2,7-8,10,12H2,(H2,20,21,24)/t16-,17+/m0/s1. The Kier molecular flexibility index (Phi) is 4.21. The monoisotopic (exact) mass is 325 g/mol. The SMILES string of the molecule is O=C(Nc1cccc(-n2cccn2)c1)N[C@H]1CCN2CCCC[C@H]12. The van der Waals surface area contributed by atoms with E-state index in [1.165, 1.54) is 25.8 Å². The Hall–Kier alpha value is -2.34.